The summed E-state index contributed by atoms with van der Waals surface area (Å²) < 4.78 is 11.1. The quantitative estimate of drug-likeness (QED) is 0.927. The predicted octanol–water partition coefficient (Wildman–Crippen LogP) is 2.32. The van der Waals surface area contributed by atoms with Gasteiger partial charge < -0.3 is 14.8 Å². The van der Waals surface area contributed by atoms with E-state index in [0.717, 1.165) is 25.0 Å². The number of carbonyl (C=O) groups is 1. The Bertz CT molecular complexity index is 520. The summed E-state index contributed by atoms with van der Waals surface area (Å²) in [6, 6.07) is 5.62. The number of aryl methyl sites for hydroxylation is 1. The summed E-state index contributed by atoms with van der Waals surface area (Å²) in [7, 11) is 0. The Morgan fingerprint density at radius 2 is 2.40 bits per heavy atom. The molecule has 1 aliphatic carbocycles. The summed E-state index contributed by atoms with van der Waals surface area (Å²) >= 11 is 5.88. The summed E-state index contributed by atoms with van der Waals surface area (Å²) in [4.78, 5) is 11.9. The second-order valence-corrected chi connectivity index (χ2v) is 5.91. The maximum absolute atomic E-state index is 11.9. The number of rotatable bonds is 4. The van der Waals surface area contributed by atoms with Crippen LogP contribution < -0.4 is 10.1 Å². The fourth-order valence-corrected chi connectivity index (χ4v) is 3.16. The van der Waals surface area contributed by atoms with Gasteiger partial charge in [-0.15, -0.1) is 0 Å². The maximum atomic E-state index is 11.9. The van der Waals surface area contributed by atoms with Crippen LogP contribution in [0.2, 0.25) is 5.02 Å². The van der Waals surface area contributed by atoms with E-state index >= 15 is 0 Å². The molecule has 4 nitrogen and oxygen atoms in total. The smallest absolute Gasteiger partial charge is 0.258 e. The molecule has 1 aliphatic heterocycles. The Kier molecular flexibility index (Phi) is 3.85. The normalized spacial score (nSPS) is 27.6. The van der Waals surface area contributed by atoms with Gasteiger partial charge in [-0.1, -0.05) is 11.6 Å². The summed E-state index contributed by atoms with van der Waals surface area (Å²) in [6.07, 6.45) is 2.34. The molecule has 0 radical (unpaired) electrons. The van der Waals surface area contributed by atoms with Crippen molar-refractivity contribution >= 4 is 17.5 Å². The molecule has 1 saturated heterocycles. The molecule has 5 heteroatoms. The van der Waals surface area contributed by atoms with Crippen molar-refractivity contribution in [2.24, 2.45) is 5.92 Å². The highest BCUT2D eigenvalue weighted by Crippen LogP contribution is 2.38. The summed E-state index contributed by atoms with van der Waals surface area (Å²) in [6.45, 7) is 2.77. The fourth-order valence-electron chi connectivity index (χ4n) is 2.93. The molecule has 0 spiro atoms. The van der Waals surface area contributed by atoms with Crippen molar-refractivity contribution in [3.05, 3.63) is 28.8 Å². The number of carbonyl (C=O) groups excluding carboxylic acids is 1. The van der Waals surface area contributed by atoms with Gasteiger partial charge in [0, 0.05) is 23.6 Å². The van der Waals surface area contributed by atoms with E-state index < -0.39 is 0 Å². The number of amides is 1. The predicted molar refractivity (Wildman–Crippen MR) is 76.1 cm³/mol. The Morgan fingerprint density at radius 1 is 1.55 bits per heavy atom. The van der Waals surface area contributed by atoms with Crippen LogP contribution in [0.25, 0.3) is 0 Å². The molecule has 0 bridgehead atoms. The van der Waals surface area contributed by atoms with Crippen molar-refractivity contribution in [2.45, 2.75) is 31.9 Å². The summed E-state index contributed by atoms with van der Waals surface area (Å²) in [5.74, 6) is 1.12. The molecule has 2 fully saturated rings. The van der Waals surface area contributed by atoms with Crippen LogP contribution >= 0.6 is 11.6 Å². The molecule has 1 saturated carbocycles. The number of fused-ring (bicyclic) bond motifs is 1. The molecule has 1 aromatic carbocycles. The van der Waals surface area contributed by atoms with Crippen molar-refractivity contribution in [1.82, 2.24) is 5.32 Å². The monoisotopic (exact) mass is 295 g/mol. The SMILES string of the molecule is Cc1cc(Cl)ccc1OCC(=O)N[C@@H]1C[C@H]2OCC[C@@H]12. The van der Waals surface area contributed by atoms with Crippen LogP contribution in [0.5, 0.6) is 5.75 Å². The van der Waals surface area contributed by atoms with Gasteiger partial charge in [0.1, 0.15) is 5.75 Å². The topological polar surface area (TPSA) is 47.6 Å². The van der Waals surface area contributed by atoms with E-state index in [-0.39, 0.29) is 18.6 Å². The van der Waals surface area contributed by atoms with Crippen molar-refractivity contribution in [1.29, 1.82) is 0 Å². The van der Waals surface area contributed by atoms with Gasteiger partial charge in [0.25, 0.3) is 5.91 Å². The van der Waals surface area contributed by atoms with E-state index in [0.29, 0.717) is 22.8 Å². The van der Waals surface area contributed by atoms with Gasteiger partial charge in [-0.2, -0.15) is 0 Å². The highest BCUT2D eigenvalue weighted by atomic mass is 35.5. The number of hydrogen-bond acceptors (Lipinski definition) is 3. The maximum Gasteiger partial charge on any atom is 0.258 e. The Balaban J connectivity index is 1.47. The molecule has 1 N–H and O–H groups in total. The highest BCUT2D eigenvalue weighted by molar-refractivity contribution is 6.30. The lowest BCUT2D eigenvalue weighted by Crippen LogP contribution is -2.54. The molecule has 1 aromatic rings. The van der Waals surface area contributed by atoms with Crippen LogP contribution in [0.4, 0.5) is 0 Å². The molecular weight excluding hydrogens is 278 g/mol. The number of ether oxygens (including phenoxy) is 2. The first-order valence-corrected chi connectivity index (χ1v) is 7.31. The summed E-state index contributed by atoms with van der Waals surface area (Å²) in [5, 5.41) is 3.69. The van der Waals surface area contributed by atoms with Crippen molar-refractivity contribution in [3.63, 3.8) is 0 Å². The van der Waals surface area contributed by atoms with Gasteiger partial charge in [0.05, 0.1) is 6.10 Å². The van der Waals surface area contributed by atoms with Crippen LogP contribution in [0.15, 0.2) is 18.2 Å². The molecule has 0 unspecified atom stereocenters. The first-order chi connectivity index (χ1) is 9.63. The largest absolute Gasteiger partial charge is 0.484 e. The van der Waals surface area contributed by atoms with Gasteiger partial charge in [-0.25, -0.2) is 0 Å². The van der Waals surface area contributed by atoms with Crippen LogP contribution in [-0.2, 0) is 9.53 Å². The highest BCUT2D eigenvalue weighted by Gasteiger charge is 2.45. The zero-order chi connectivity index (χ0) is 14.1. The molecule has 2 aliphatic rings. The average Bonchev–Trinajstić information content (AvgIpc) is 2.76. The number of hydrogen-bond donors (Lipinski definition) is 1. The fraction of sp³-hybridized carbons (Fsp3) is 0.533. The second-order valence-electron chi connectivity index (χ2n) is 5.47. The molecule has 108 valence electrons. The van der Waals surface area contributed by atoms with E-state index in [1.165, 1.54) is 0 Å². The van der Waals surface area contributed by atoms with Crippen molar-refractivity contribution in [2.75, 3.05) is 13.2 Å². The summed E-state index contributed by atoms with van der Waals surface area (Å²) in [5.41, 5.74) is 0.929. The van der Waals surface area contributed by atoms with Crippen LogP contribution in [0.3, 0.4) is 0 Å². The molecule has 1 heterocycles. The molecule has 3 atom stereocenters. The van der Waals surface area contributed by atoms with E-state index in [1.54, 1.807) is 12.1 Å². The molecule has 3 rings (SSSR count). The zero-order valence-electron chi connectivity index (χ0n) is 11.4. The first-order valence-electron chi connectivity index (χ1n) is 6.93. The lowest BCUT2D eigenvalue weighted by molar-refractivity contribution is -0.126. The number of nitrogens with one attached hydrogen (secondary N) is 1. The van der Waals surface area contributed by atoms with E-state index in [4.69, 9.17) is 21.1 Å². The molecule has 20 heavy (non-hydrogen) atoms. The van der Waals surface area contributed by atoms with E-state index in [1.807, 2.05) is 13.0 Å². The van der Waals surface area contributed by atoms with Crippen molar-refractivity contribution in [3.8, 4) is 5.75 Å². The third-order valence-electron chi connectivity index (χ3n) is 4.11. The van der Waals surface area contributed by atoms with E-state index in [9.17, 15) is 4.79 Å². The van der Waals surface area contributed by atoms with Gasteiger partial charge in [-0.05, 0) is 43.5 Å². The lowest BCUT2D eigenvalue weighted by atomic mass is 9.76. The van der Waals surface area contributed by atoms with E-state index in [2.05, 4.69) is 5.32 Å². The Morgan fingerprint density at radius 3 is 3.15 bits per heavy atom. The van der Waals surface area contributed by atoms with Crippen LogP contribution in [0, 0.1) is 12.8 Å². The first kappa shape index (κ1) is 13.7. The Labute approximate surface area is 123 Å². The standard InChI is InChI=1S/C15H18ClNO3/c1-9-6-10(16)2-3-13(9)20-8-15(18)17-12-7-14-11(12)4-5-19-14/h2-3,6,11-12,14H,4-5,7-8H2,1H3,(H,17,18)/t11-,12+,14+/m0/s1. The lowest BCUT2D eigenvalue weighted by Gasteiger charge is -2.39. The van der Waals surface area contributed by atoms with Gasteiger partial charge in [0.2, 0.25) is 0 Å². The average molecular weight is 296 g/mol. The minimum Gasteiger partial charge on any atom is -0.484 e. The zero-order valence-corrected chi connectivity index (χ0v) is 12.2. The van der Waals surface area contributed by atoms with Crippen molar-refractivity contribution < 1.29 is 14.3 Å². The number of halogens is 1. The minimum atomic E-state index is -0.0744. The third kappa shape index (κ3) is 2.76. The second kappa shape index (κ2) is 5.62. The minimum absolute atomic E-state index is 0.0389. The van der Waals surface area contributed by atoms with Crippen LogP contribution in [0.1, 0.15) is 18.4 Å². The van der Waals surface area contributed by atoms with Gasteiger partial charge in [-0.3, -0.25) is 4.79 Å². The third-order valence-corrected chi connectivity index (χ3v) is 4.34. The molecular formula is C15H18ClNO3. The van der Waals surface area contributed by atoms with Gasteiger partial charge in [0.15, 0.2) is 6.61 Å². The Hall–Kier alpha value is -1.26. The van der Waals surface area contributed by atoms with Crippen LogP contribution in [-0.4, -0.2) is 31.3 Å². The van der Waals surface area contributed by atoms with Gasteiger partial charge >= 0.3 is 0 Å². The molecule has 0 aromatic heterocycles. The number of benzene rings is 1. The molecule has 1 amide bonds.